The molecule has 0 aromatic carbocycles. The van der Waals surface area contributed by atoms with E-state index in [2.05, 4.69) is 9.97 Å². The van der Waals surface area contributed by atoms with Crippen LogP contribution in [0.15, 0.2) is 24.4 Å². The highest BCUT2D eigenvalue weighted by Gasteiger charge is 2.43. The number of amides is 1. The van der Waals surface area contributed by atoms with E-state index in [1.165, 1.54) is 0 Å². The number of carboxylic acids is 1. The van der Waals surface area contributed by atoms with Gasteiger partial charge in [0.1, 0.15) is 11.5 Å². The van der Waals surface area contributed by atoms with Crippen molar-refractivity contribution in [2.45, 2.75) is 31.2 Å². The van der Waals surface area contributed by atoms with Gasteiger partial charge in [-0.05, 0) is 31.2 Å². The number of carbonyl (C=O) groups is 2. The van der Waals surface area contributed by atoms with Crippen molar-refractivity contribution in [2.75, 3.05) is 6.54 Å². The molecule has 22 heavy (non-hydrogen) atoms. The highest BCUT2D eigenvalue weighted by Crippen LogP contribution is 2.38. The van der Waals surface area contributed by atoms with Gasteiger partial charge in [0, 0.05) is 18.7 Å². The Bertz CT molecular complexity index is 668. The number of hydrogen-bond acceptors (Lipinski definition) is 4. The molecule has 4 aliphatic rings. The molecule has 1 amide bonds. The number of fused-ring (bicyclic) bond motifs is 2. The van der Waals surface area contributed by atoms with Gasteiger partial charge in [0.15, 0.2) is 0 Å². The van der Waals surface area contributed by atoms with Crippen LogP contribution in [0.1, 0.15) is 41.5 Å². The quantitative estimate of drug-likeness (QED) is 0.854. The third-order valence-corrected chi connectivity index (χ3v) is 4.75. The average molecular weight is 299 g/mol. The Morgan fingerprint density at radius 3 is 2.77 bits per heavy atom. The first kappa shape index (κ1) is 13.4. The van der Waals surface area contributed by atoms with Gasteiger partial charge in [0.25, 0.3) is 5.91 Å². The van der Waals surface area contributed by atoms with E-state index in [-0.39, 0.29) is 17.9 Å². The summed E-state index contributed by atoms with van der Waals surface area (Å²) in [6, 6.07) is 1.25. The van der Waals surface area contributed by atoms with Gasteiger partial charge in [-0.1, -0.05) is 12.2 Å². The van der Waals surface area contributed by atoms with Gasteiger partial charge in [-0.2, -0.15) is 0 Å². The van der Waals surface area contributed by atoms with E-state index >= 15 is 0 Å². The highest BCUT2D eigenvalue weighted by molar-refractivity contribution is 5.93. The van der Waals surface area contributed by atoms with Crippen LogP contribution >= 0.6 is 0 Å². The molecule has 1 saturated carbocycles. The van der Waals surface area contributed by atoms with Crippen molar-refractivity contribution in [1.82, 2.24) is 14.9 Å². The molecule has 2 fully saturated rings. The van der Waals surface area contributed by atoms with Gasteiger partial charge in [-0.3, -0.25) is 9.59 Å². The van der Waals surface area contributed by atoms with Crippen LogP contribution in [-0.4, -0.2) is 44.4 Å². The third kappa shape index (κ3) is 2.19. The van der Waals surface area contributed by atoms with Crippen molar-refractivity contribution in [2.24, 2.45) is 11.8 Å². The number of nitrogens with zero attached hydrogens (tertiary/aromatic N) is 3. The van der Waals surface area contributed by atoms with E-state index in [4.69, 9.17) is 0 Å². The third-order valence-electron chi connectivity index (χ3n) is 4.75. The summed E-state index contributed by atoms with van der Waals surface area (Å²) in [7, 11) is 0. The molecular weight excluding hydrogens is 282 g/mol. The first-order valence-electron chi connectivity index (χ1n) is 7.68. The molecule has 1 aromatic rings. The fraction of sp³-hybridized carbons (Fsp3) is 0.500. The fourth-order valence-corrected chi connectivity index (χ4v) is 3.42. The molecule has 6 heteroatoms. The van der Waals surface area contributed by atoms with Gasteiger partial charge >= 0.3 is 5.97 Å². The summed E-state index contributed by atoms with van der Waals surface area (Å²) in [4.78, 5) is 34.4. The number of aliphatic carboxylic acids is 1. The van der Waals surface area contributed by atoms with E-state index in [1.54, 1.807) is 17.2 Å². The fourth-order valence-electron chi connectivity index (χ4n) is 3.42. The smallest absolute Gasteiger partial charge is 0.308 e. The summed E-state index contributed by atoms with van der Waals surface area (Å²) >= 11 is 0. The average Bonchev–Trinajstić information content (AvgIpc) is 3.39. The maximum Gasteiger partial charge on any atom is 0.308 e. The van der Waals surface area contributed by atoms with Gasteiger partial charge < -0.3 is 10.0 Å². The molecular formula is C16H17N3O3. The summed E-state index contributed by atoms with van der Waals surface area (Å²) in [6.07, 6.45) is 8.28. The summed E-state index contributed by atoms with van der Waals surface area (Å²) < 4.78 is 0. The summed E-state index contributed by atoms with van der Waals surface area (Å²) in [5, 5.41) is 9.36. The van der Waals surface area contributed by atoms with Crippen molar-refractivity contribution >= 4 is 11.9 Å². The largest absolute Gasteiger partial charge is 0.481 e. The molecule has 114 valence electrons. The minimum absolute atomic E-state index is 0.125. The molecule has 0 radical (unpaired) electrons. The second kappa shape index (κ2) is 4.90. The molecule has 2 aliphatic heterocycles. The number of aromatic nitrogens is 2. The summed E-state index contributed by atoms with van der Waals surface area (Å²) in [5.41, 5.74) is 0.377. The lowest BCUT2D eigenvalue weighted by molar-refractivity contribution is -0.145. The number of rotatable bonds is 3. The summed E-state index contributed by atoms with van der Waals surface area (Å²) in [6.45, 7) is 0.576. The zero-order valence-electron chi connectivity index (χ0n) is 12.1. The van der Waals surface area contributed by atoms with Gasteiger partial charge in [-0.25, -0.2) is 9.97 Å². The normalized spacial score (nSPS) is 29.6. The molecule has 1 N–H and O–H groups in total. The van der Waals surface area contributed by atoms with Crippen LogP contribution in [0.4, 0.5) is 0 Å². The highest BCUT2D eigenvalue weighted by atomic mass is 16.4. The Morgan fingerprint density at radius 1 is 1.27 bits per heavy atom. The maximum atomic E-state index is 12.8. The van der Waals surface area contributed by atoms with Crippen LogP contribution in [0.5, 0.6) is 0 Å². The molecule has 0 spiro atoms. The maximum absolute atomic E-state index is 12.8. The number of piperidine rings is 1. The van der Waals surface area contributed by atoms with Crippen molar-refractivity contribution in [3.63, 3.8) is 0 Å². The van der Waals surface area contributed by atoms with Crippen LogP contribution in [0.25, 0.3) is 0 Å². The van der Waals surface area contributed by atoms with Gasteiger partial charge in [0.05, 0.1) is 12.0 Å². The monoisotopic (exact) mass is 299 g/mol. The first-order valence-corrected chi connectivity index (χ1v) is 7.68. The van der Waals surface area contributed by atoms with E-state index in [1.807, 2.05) is 12.2 Å². The predicted octanol–water partition coefficient (Wildman–Crippen LogP) is 1.46. The number of carboxylic acid groups (broad SMARTS) is 1. The Labute approximate surface area is 127 Å². The van der Waals surface area contributed by atoms with Crippen LogP contribution in [-0.2, 0) is 4.79 Å². The van der Waals surface area contributed by atoms with Crippen molar-refractivity contribution in [1.29, 1.82) is 0 Å². The minimum Gasteiger partial charge on any atom is -0.481 e. The van der Waals surface area contributed by atoms with E-state index in [0.29, 0.717) is 24.6 Å². The molecule has 3 atom stereocenters. The Kier molecular flexibility index (Phi) is 2.99. The molecule has 2 aliphatic carbocycles. The topological polar surface area (TPSA) is 83.4 Å². The minimum atomic E-state index is -0.835. The molecule has 1 aromatic heterocycles. The second-order valence-electron chi connectivity index (χ2n) is 6.35. The summed E-state index contributed by atoms with van der Waals surface area (Å²) in [5.74, 6) is -0.291. The molecule has 5 rings (SSSR count). The molecule has 3 unspecified atom stereocenters. The Balaban J connectivity index is 1.61. The molecule has 2 bridgehead atoms. The van der Waals surface area contributed by atoms with E-state index < -0.39 is 11.9 Å². The van der Waals surface area contributed by atoms with Crippen molar-refractivity contribution in [3.8, 4) is 0 Å². The van der Waals surface area contributed by atoms with Crippen molar-refractivity contribution in [3.05, 3.63) is 35.9 Å². The first-order chi connectivity index (χ1) is 10.6. The zero-order valence-corrected chi connectivity index (χ0v) is 12.1. The van der Waals surface area contributed by atoms with E-state index in [0.717, 1.165) is 18.7 Å². The number of carbonyl (C=O) groups excluding carboxylic acids is 1. The van der Waals surface area contributed by atoms with Crippen LogP contribution in [0, 0.1) is 11.8 Å². The lowest BCUT2D eigenvalue weighted by atomic mass is 9.77. The zero-order chi connectivity index (χ0) is 15.3. The van der Waals surface area contributed by atoms with Crippen LogP contribution < -0.4 is 0 Å². The standard InChI is InChI=1S/C16H17N3O3/c20-15(12-5-6-17-14(18-12)10-2-3-10)19-8-9-1-4-13(19)11(7-9)16(21)22/h1,4-6,9-11,13H,2-3,7-8H2,(H,21,22). The second-order valence-corrected chi connectivity index (χ2v) is 6.35. The predicted molar refractivity (Wildman–Crippen MR) is 77.2 cm³/mol. The lowest BCUT2D eigenvalue weighted by Crippen LogP contribution is -2.55. The van der Waals surface area contributed by atoms with Gasteiger partial charge in [-0.15, -0.1) is 0 Å². The molecule has 6 nitrogen and oxygen atoms in total. The van der Waals surface area contributed by atoms with E-state index in [9.17, 15) is 14.7 Å². The number of hydrogen-bond donors (Lipinski definition) is 1. The SMILES string of the molecule is O=C(O)C1CC2C=CC1N(C(=O)c1ccnc(C3CC3)n1)C2. The van der Waals surface area contributed by atoms with Gasteiger partial charge in [0.2, 0.25) is 0 Å². The van der Waals surface area contributed by atoms with Crippen LogP contribution in [0.3, 0.4) is 0 Å². The Hall–Kier alpha value is -2.24. The van der Waals surface area contributed by atoms with Crippen LogP contribution in [0.2, 0.25) is 0 Å². The molecule has 1 saturated heterocycles. The van der Waals surface area contributed by atoms with Crippen molar-refractivity contribution < 1.29 is 14.7 Å². The molecule has 3 heterocycles. The Morgan fingerprint density at radius 2 is 2.09 bits per heavy atom. The lowest BCUT2D eigenvalue weighted by Gasteiger charge is -2.44.